The number of nitrogens with one attached hydrogen (secondary N) is 1. The first-order chi connectivity index (χ1) is 18.1. The Morgan fingerprint density at radius 1 is 0.816 bits per heavy atom. The molecule has 3 aromatic rings. The summed E-state index contributed by atoms with van der Waals surface area (Å²) in [7, 11) is -7.62. The molecule has 8 nitrogen and oxygen atoms in total. The van der Waals surface area contributed by atoms with E-state index in [1.54, 1.807) is 24.3 Å². The zero-order valence-corrected chi connectivity index (χ0v) is 23.3. The number of carbonyl (C=O) groups excluding carboxylic acids is 1. The van der Waals surface area contributed by atoms with E-state index in [-0.39, 0.29) is 9.79 Å². The summed E-state index contributed by atoms with van der Waals surface area (Å²) in [5, 5.41) is 2.70. The Bertz CT molecular complexity index is 1460. The first-order valence-electron chi connectivity index (χ1n) is 12.7. The highest BCUT2D eigenvalue weighted by atomic mass is 32.2. The molecule has 1 heterocycles. The average molecular weight is 556 g/mol. The third kappa shape index (κ3) is 6.25. The van der Waals surface area contributed by atoms with Gasteiger partial charge in [0.15, 0.2) is 0 Å². The fourth-order valence-electron chi connectivity index (χ4n) is 4.35. The summed E-state index contributed by atoms with van der Waals surface area (Å²) in [6.07, 6.45) is 3.51. The lowest BCUT2D eigenvalue weighted by Crippen LogP contribution is -2.38. The van der Waals surface area contributed by atoms with E-state index in [4.69, 9.17) is 0 Å². The van der Waals surface area contributed by atoms with Gasteiger partial charge in [0.25, 0.3) is 10.0 Å². The number of nitrogens with zero attached hydrogens (tertiary/aromatic N) is 2. The number of aryl methyl sites for hydroxylation is 2. The van der Waals surface area contributed by atoms with E-state index in [9.17, 15) is 21.6 Å². The second-order valence-corrected chi connectivity index (χ2v) is 13.2. The number of amides is 1. The molecule has 1 amide bonds. The van der Waals surface area contributed by atoms with Gasteiger partial charge in [0.05, 0.1) is 15.5 Å². The fourth-order valence-corrected chi connectivity index (χ4v) is 7.28. The number of benzene rings is 3. The second kappa shape index (κ2) is 11.7. The number of hydrogen-bond acceptors (Lipinski definition) is 5. The number of hydrogen-bond donors (Lipinski definition) is 1. The molecule has 0 saturated carbocycles. The van der Waals surface area contributed by atoms with Crippen molar-refractivity contribution in [2.24, 2.45) is 0 Å². The molecular weight excluding hydrogens is 522 g/mol. The Balaban J connectivity index is 1.54. The van der Waals surface area contributed by atoms with Crippen LogP contribution in [0.2, 0.25) is 0 Å². The van der Waals surface area contributed by atoms with Crippen LogP contribution in [-0.4, -0.2) is 46.7 Å². The predicted octanol–water partition coefficient (Wildman–Crippen LogP) is 4.57. The third-order valence-corrected chi connectivity index (χ3v) is 10.3. The lowest BCUT2D eigenvalue weighted by Gasteiger charge is -2.26. The lowest BCUT2D eigenvalue weighted by atomic mass is 10.1. The first kappa shape index (κ1) is 27.8. The van der Waals surface area contributed by atoms with Crippen molar-refractivity contribution in [1.82, 2.24) is 4.31 Å². The summed E-state index contributed by atoms with van der Waals surface area (Å²) in [6.45, 7) is 4.44. The van der Waals surface area contributed by atoms with Crippen molar-refractivity contribution < 1.29 is 21.6 Å². The maximum atomic E-state index is 13.6. The summed E-state index contributed by atoms with van der Waals surface area (Å²) < 4.78 is 55.5. The Hall–Kier alpha value is -3.21. The van der Waals surface area contributed by atoms with Crippen molar-refractivity contribution in [2.45, 2.75) is 49.3 Å². The highest BCUT2D eigenvalue weighted by Crippen LogP contribution is 2.26. The molecule has 3 aromatic carbocycles. The Kier molecular flexibility index (Phi) is 8.54. The molecule has 0 atom stereocenters. The van der Waals surface area contributed by atoms with Gasteiger partial charge in [0, 0.05) is 18.8 Å². The summed E-state index contributed by atoms with van der Waals surface area (Å²) in [4.78, 5) is 13.3. The lowest BCUT2D eigenvalue weighted by molar-refractivity contribution is -0.114. The highest BCUT2D eigenvalue weighted by Gasteiger charge is 2.28. The van der Waals surface area contributed by atoms with Gasteiger partial charge in [-0.3, -0.25) is 9.10 Å². The molecule has 0 aromatic heterocycles. The van der Waals surface area contributed by atoms with Gasteiger partial charge < -0.3 is 5.32 Å². The van der Waals surface area contributed by atoms with Crippen LogP contribution < -0.4 is 9.62 Å². The van der Waals surface area contributed by atoms with Crippen molar-refractivity contribution in [3.8, 4) is 0 Å². The predicted molar refractivity (Wildman–Crippen MR) is 149 cm³/mol. The van der Waals surface area contributed by atoms with Gasteiger partial charge in [-0.2, -0.15) is 4.31 Å². The second-order valence-electron chi connectivity index (χ2n) is 9.38. The number of rotatable bonds is 9. The van der Waals surface area contributed by atoms with Gasteiger partial charge >= 0.3 is 0 Å². The Morgan fingerprint density at radius 2 is 1.39 bits per heavy atom. The molecule has 38 heavy (non-hydrogen) atoms. The van der Waals surface area contributed by atoms with E-state index in [0.29, 0.717) is 24.5 Å². The molecule has 4 rings (SSSR count). The molecular formula is C28H33N3O5S2. The molecule has 1 fully saturated rings. The number of piperidine rings is 1. The Labute approximate surface area is 225 Å². The zero-order chi connectivity index (χ0) is 27.3. The molecule has 0 spiro atoms. The standard InChI is InChI=1S/C28H33N3O5S2/c1-3-23-9-13-25(14-10-23)31(38(35,36)27-15-7-22(2)8-16-27)21-28(32)29-24-11-17-26(18-12-24)37(33,34)30-19-5-4-6-20-30/h7-18H,3-6,19-21H2,1-2H3,(H,29,32). The number of anilines is 2. The van der Waals surface area contributed by atoms with Crippen LogP contribution in [-0.2, 0) is 31.3 Å². The SMILES string of the molecule is CCc1ccc(N(CC(=O)Nc2ccc(S(=O)(=O)N3CCCCC3)cc2)S(=O)(=O)c2ccc(C)cc2)cc1. The van der Waals surface area contributed by atoms with E-state index >= 15 is 0 Å². The fraction of sp³-hybridized carbons (Fsp3) is 0.321. The van der Waals surface area contributed by atoms with E-state index < -0.39 is 32.5 Å². The molecule has 1 aliphatic rings. The zero-order valence-electron chi connectivity index (χ0n) is 21.6. The van der Waals surface area contributed by atoms with E-state index in [0.717, 1.165) is 41.1 Å². The van der Waals surface area contributed by atoms with Gasteiger partial charge in [-0.05, 0) is 80.3 Å². The van der Waals surface area contributed by atoms with Gasteiger partial charge in [0.2, 0.25) is 15.9 Å². The van der Waals surface area contributed by atoms with Crippen LogP contribution in [0.1, 0.15) is 37.3 Å². The molecule has 0 radical (unpaired) electrons. The van der Waals surface area contributed by atoms with E-state index in [1.807, 2.05) is 26.0 Å². The van der Waals surface area contributed by atoms with Crippen LogP contribution in [0.4, 0.5) is 11.4 Å². The molecule has 1 saturated heterocycles. The Morgan fingerprint density at radius 3 is 1.97 bits per heavy atom. The van der Waals surface area contributed by atoms with E-state index in [1.165, 1.54) is 40.7 Å². The molecule has 1 aliphatic heterocycles. The van der Waals surface area contributed by atoms with Gasteiger partial charge in [-0.15, -0.1) is 0 Å². The van der Waals surface area contributed by atoms with Crippen molar-refractivity contribution in [2.75, 3.05) is 29.3 Å². The number of carbonyl (C=O) groups is 1. The summed E-state index contributed by atoms with van der Waals surface area (Å²) in [6, 6.07) is 19.5. The van der Waals surface area contributed by atoms with Gasteiger partial charge in [0.1, 0.15) is 6.54 Å². The van der Waals surface area contributed by atoms with Crippen LogP contribution in [0.15, 0.2) is 82.6 Å². The van der Waals surface area contributed by atoms with Crippen LogP contribution in [0.3, 0.4) is 0 Å². The molecule has 1 N–H and O–H groups in total. The van der Waals surface area contributed by atoms with E-state index in [2.05, 4.69) is 5.32 Å². The maximum Gasteiger partial charge on any atom is 0.264 e. The smallest absolute Gasteiger partial charge is 0.264 e. The van der Waals surface area contributed by atoms with Crippen molar-refractivity contribution in [3.05, 3.63) is 83.9 Å². The third-order valence-electron chi connectivity index (χ3n) is 6.62. The quantitative estimate of drug-likeness (QED) is 0.417. The average Bonchev–Trinajstić information content (AvgIpc) is 2.93. The molecule has 0 bridgehead atoms. The minimum atomic E-state index is -4.03. The normalized spacial score (nSPS) is 14.7. The largest absolute Gasteiger partial charge is 0.325 e. The van der Waals surface area contributed by atoms with Crippen LogP contribution in [0, 0.1) is 6.92 Å². The minimum Gasteiger partial charge on any atom is -0.325 e. The van der Waals surface area contributed by atoms with Crippen LogP contribution in [0.5, 0.6) is 0 Å². The van der Waals surface area contributed by atoms with Gasteiger partial charge in [-0.25, -0.2) is 16.8 Å². The topological polar surface area (TPSA) is 104 Å². The first-order valence-corrected chi connectivity index (χ1v) is 15.6. The summed E-state index contributed by atoms with van der Waals surface area (Å²) in [5.74, 6) is -0.549. The van der Waals surface area contributed by atoms with Crippen molar-refractivity contribution in [3.63, 3.8) is 0 Å². The van der Waals surface area contributed by atoms with Crippen molar-refractivity contribution in [1.29, 1.82) is 0 Å². The number of sulfonamides is 2. The van der Waals surface area contributed by atoms with Crippen LogP contribution >= 0.6 is 0 Å². The maximum absolute atomic E-state index is 13.6. The molecule has 0 aliphatic carbocycles. The molecule has 10 heteroatoms. The monoisotopic (exact) mass is 555 g/mol. The summed E-state index contributed by atoms with van der Waals surface area (Å²) in [5.41, 5.74) is 2.72. The minimum absolute atomic E-state index is 0.0859. The molecule has 0 unspecified atom stereocenters. The summed E-state index contributed by atoms with van der Waals surface area (Å²) >= 11 is 0. The molecule has 202 valence electrons. The van der Waals surface area contributed by atoms with Crippen LogP contribution in [0.25, 0.3) is 0 Å². The van der Waals surface area contributed by atoms with Crippen molar-refractivity contribution >= 4 is 37.3 Å². The van der Waals surface area contributed by atoms with Gasteiger partial charge in [-0.1, -0.05) is 43.2 Å². The highest BCUT2D eigenvalue weighted by molar-refractivity contribution is 7.92.